The van der Waals surface area contributed by atoms with Crippen molar-refractivity contribution < 1.29 is 34.0 Å². The second-order valence-corrected chi connectivity index (χ2v) is 9.88. The van der Waals surface area contributed by atoms with Crippen molar-refractivity contribution in [3.05, 3.63) is 108 Å². The number of rotatable bonds is 11. The maximum atomic E-state index is 13.6. The molecule has 0 unspecified atom stereocenters. The fourth-order valence-electron chi connectivity index (χ4n) is 4.32. The molecule has 4 rings (SSSR count). The van der Waals surface area contributed by atoms with Gasteiger partial charge in [-0.3, -0.25) is 4.79 Å². The Morgan fingerprint density at radius 3 is 1.87 bits per heavy atom. The van der Waals surface area contributed by atoms with Crippen LogP contribution in [0.1, 0.15) is 36.6 Å². The highest BCUT2D eigenvalue weighted by molar-refractivity contribution is 5.96. The van der Waals surface area contributed by atoms with Gasteiger partial charge in [0.25, 0.3) is 5.91 Å². The summed E-state index contributed by atoms with van der Waals surface area (Å²) in [7, 11) is 0. The second-order valence-electron chi connectivity index (χ2n) is 9.88. The van der Waals surface area contributed by atoms with E-state index in [0.717, 1.165) is 16.0 Å². The summed E-state index contributed by atoms with van der Waals surface area (Å²) in [5.41, 5.74) is 1.21. The van der Waals surface area contributed by atoms with Crippen LogP contribution in [0.5, 0.6) is 0 Å². The molecule has 4 atom stereocenters. The number of imide groups is 1. The number of carbonyl (C=O) groups is 2. The molecule has 1 fully saturated rings. The molecule has 0 aromatic heterocycles. The third-order valence-electron chi connectivity index (χ3n) is 6.29. The number of carbonyl (C=O) groups excluding carboxylic acids is 2. The molecule has 0 saturated carbocycles. The number of ether oxygens (including phenoxy) is 3. The zero-order valence-electron chi connectivity index (χ0n) is 21.5. The number of hydrogen-bond acceptors (Lipinski definition) is 7. The van der Waals surface area contributed by atoms with E-state index in [0.29, 0.717) is 5.56 Å². The summed E-state index contributed by atoms with van der Waals surface area (Å²) >= 11 is 0. The first-order valence-electron chi connectivity index (χ1n) is 12.5. The molecule has 0 aliphatic carbocycles. The van der Waals surface area contributed by atoms with Gasteiger partial charge in [-0.15, -0.1) is 0 Å². The minimum atomic E-state index is -1.62. The first kappa shape index (κ1) is 27.5. The van der Waals surface area contributed by atoms with Crippen molar-refractivity contribution in [2.75, 3.05) is 6.54 Å². The van der Waals surface area contributed by atoms with E-state index in [-0.39, 0.29) is 19.8 Å². The first-order valence-corrected chi connectivity index (χ1v) is 12.5. The second kappa shape index (κ2) is 12.3. The molecule has 38 heavy (non-hydrogen) atoms. The van der Waals surface area contributed by atoms with E-state index in [4.69, 9.17) is 14.2 Å². The molecule has 0 spiro atoms. The van der Waals surface area contributed by atoms with Crippen molar-refractivity contribution in [3.63, 3.8) is 0 Å². The maximum Gasteiger partial charge on any atom is 0.417 e. The summed E-state index contributed by atoms with van der Waals surface area (Å²) in [6.45, 7) is 3.45. The van der Waals surface area contributed by atoms with Gasteiger partial charge >= 0.3 is 6.09 Å². The van der Waals surface area contributed by atoms with Crippen LogP contribution in [0.2, 0.25) is 0 Å². The van der Waals surface area contributed by atoms with Crippen LogP contribution in [0.3, 0.4) is 0 Å². The van der Waals surface area contributed by atoms with Crippen LogP contribution in [-0.2, 0) is 32.2 Å². The molecule has 2 N–H and O–H groups in total. The van der Waals surface area contributed by atoms with E-state index in [9.17, 15) is 19.8 Å². The van der Waals surface area contributed by atoms with E-state index >= 15 is 0 Å². The number of nitrogens with zero attached hydrogens (tertiary/aromatic N) is 1. The normalized spacial score (nSPS) is 17.9. The van der Waals surface area contributed by atoms with Gasteiger partial charge in [-0.2, -0.15) is 0 Å². The summed E-state index contributed by atoms with van der Waals surface area (Å²) in [5, 5.41) is 22.9. The monoisotopic (exact) mass is 519 g/mol. The van der Waals surface area contributed by atoms with Crippen LogP contribution < -0.4 is 0 Å². The maximum absolute atomic E-state index is 13.6. The van der Waals surface area contributed by atoms with Crippen molar-refractivity contribution in [2.45, 2.75) is 57.1 Å². The van der Waals surface area contributed by atoms with Gasteiger partial charge in [0, 0.05) is 0 Å². The standard InChI is InChI=1S/C30H33NO7/c1-30(2)20-31(29(35)38-30)28(34)27(37-19-22-14-8-4-9-15-22)25(33)26(24(32)23-16-10-5-11-17-23)36-18-21-12-6-3-7-13-21/h3-17,24-27,32-33H,18-20H2,1-2H3/t24-,25+,26+,27+/m1/s1. The highest BCUT2D eigenvalue weighted by Gasteiger charge is 2.47. The molecule has 200 valence electrons. The van der Waals surface area contributed by atoms with Crippen molar-refractivity contribution in [1.82, 2.24) is 4.90 Å². The van der Waals surface area contributed by atoms with Crippen molar-refractivity contribution in [1.29, 1.82) is 0 Å². The summed E-state index contributed by atoms with van der Waals surface area (Å²) in [6, 6.07) is 27.2. The third kappa shape index (κ3) is 6.85. The molecule has 2 amide bonds. The summed E-state index contributed by atoms with van der Waals surface area (Å²) in [6.07, 6.45) is -6.50. The summed E-state index contributed by atoms with van der Waals surface area (Å²) < 4.78 is 17.3. The van der Waals surface area contributed by atoms with Gasteiger partial charge < -0.3 is 24.4 Å². The molecular weight excluding hydrogens is 486 g/mol. The Morgan fingerprint density at radius 2 is 1.37 bits per heavy atom. The van der Waals surface area contributed by atoms with Crippen molar-refractivity contribution in [3.8, 4) is 0 Å². The third-order valence-corrected chi connectivity index (χ3v) is 6.29. The zero-order chi connectivity index (χ0) is 27.1. The van der Waals surface area contributed by atoms with Crippen LogP contribution in [0.4, 0.5) is 4.79 Å². The van der Waals surface area contributed by atoms with Crippen LogP contribution >= 0.6 is 0 Å². The number of cyclic esters (lactones) is 1. The summed E-state index contributed by atoms with van der Waals surface area (Å²) in [4.78, 5) is 27.1. The average molecular weight is 520 g/mol. The Balaban J connectivity index is 1.63. The number of aliphatic hydroxyl groups is 2. The SMILES string of the molecule is CC1(C)CN(C(=O)[C@@H](OCc2ccccc2)[C@@H](O)[C@@H](OCc2ccccc2)[C@H](O)c2ccccc2)C(=O)O1. The van der Waals surface area contributed by atoms with Gasteiger partial charge in [0.05, 0.1) is 19.8 Å². The predicted molar refractivity (Wildman–Crippen MR) is 140 cm³/mol. The van der Waals surface area contributed by atoms with Crippen molar-refractivity contribution in [2.24, 2.45) is 0 Å². The molecule has 8 nitrogen and oxygen atoms in total. The highest BCUT2D eigenvalue weighted by atomic mass is 16.6. The van der Waals surface area contributed by atoms with Gasteiger partial charge in [-0.05, 0) is 30.5 Å². The molecule has 1 aliphatic rings. The lowest BCUT2D eigenvalue weighted by molar-refractivity contribution is -0.174. The number of hydrogen-bond donors (Lipinski definition) is 2. The van der Waals surface area contributed by atoms with Crippen LogP contribution in [0.15, 0.2) is 91.0 Å². The molecule has 0 bridgehead atoms. The minimum absolute atomic E-state index is 0.000633. The Morgan fingerprint density at radius 1 is 0.868 bits per heavy atom. The van der Waals surface area contributed by atoms with Gasteiger partial charge in [-0.25, -0.2) is 9.69 Å². The Hall–Kier alpha value is -3.56. The fraction of sp³-hybridized carbons (Fsp3) is 0.333. The van der Waals surface area contributed by atoms with E-state index < -0.39 is 42.0 Å². The van der Waals surface area contributed by atoms with Crippen molar-refractivity contribution >= 4 is 12.0 Å². The molecule has 8 heteroatoms. The molecule has 1 heterocycles. The van der Waals surface area contributed by atoms with Crippen LogP contribution in [0, 0.1) is 0 Å². The van der Waals surface area contributed by atoms with E-state index in [1.165, 1.54) is 0 Å². The Kier molecular flexibility index (Phi) is 8.91. The Bertz CT molecular complexity index is 1190. The van der Waals surface area contributed by atoms with Gasteiger partial charge in [0.15, 0.2) is 6.10 Å². The lowest BCUT2D eigenvalue weighted by Crippen LogP contribution is -2.53. The molecule has 0 radical (unpaired) electrons. The molecule has 3 aromatic rings. The zero-order valence-corrected chi connectivity index (χ0v) is 21.5. The smallest absolute Gasteiger partial charge is 0.417 e. The average Bonchev–Trinajstić information content (AvgIpc) is 3.22. The molecular formula is C30H33NO7. The minimum Gasteiger partial charge on any atom is -0.441 e. The van der Waals surface area contributed by atoms with Gasteiger partial charge in [-0.1, -0.05) is 91.0 Å². The summed E-state index contributed by atoms with van der Waals surface area (Å²) in [5.74, 6) is -0.766. The fourth-order valence-corrected chi connectivity index (χ4v) is 4.32. The number of benzene rings is 3. The van der Waals surface area contributed by atoms with Gasteiger partial charge in [0.1, 0.15) is 23.9 Å². The Labute approximate surface area is 222 Å². The van der Waals surface area contributed by atoms with E-state index in [1.54, 1.807) is 38.1 Å². The van der Waals surface area contributed by atoms with E-state index in [1.807, 2.05) is 66.7 Å². The molecule has 1 aliphatic heterocycles. The van der Waals surface area contributed by atoms with Gasteiger partial charge in [0.2, 0.25) is 0 Å². The lowest BCUT2D eigenvalue weighted by Gasteiger charge is -2.33. The number of amides is 2. The largest absolute Gasteiger partial charge is 0.441 e. The topological polar surface area (TPSA) is 106 Å². The quantitative estimate of drug-likeness (QED) is 0.394. The van der Waals surface area contributed by atoms with Crippen LogP contribution in [0.25, 0.3) is 0 Å². The molecule has 1 saturated heterocycles. The lowest BCUT2D eigenvalue weighted by atomic mass is 9.96. The highest BCUT2D eigenvalue weighted by Crippen LogP contribution is 2.28. The molecule has 3 aromatic carbocycles. The predicted octanol–water partition coefficient (Wildman–Crippen LogP) is 4.01. The number of aliphatic hydroxyl groups excluding tert-OH is 2. The first-order chi connectivity index (χ1) is 18.2. The van der Waals surface area contributed by atoms with Crippen LogP contribution in [-0.4, -0.2) is 57.6 Å². The van der Waals surface area contributed by atoms with E-state index in [2.05, 4.69) is 0 Å².